The molecule has 0 spiro atoms. The smallest absolute Gasteiger partial charge is 0.315 e. The van der Waals surface area contributed by atoms with E-state index in [0.29, 0.717) is 18.4 Å². The van der Waals surface area contributed by atoms with E-state index in [2.05, 4.69) is 11.8 Å². The normalized spacial score (nSPS) is 15.3. The average molecular weight is 244 g/mol. The lowest BCUT2D eigenvalue weighted by atomic mass is 9.94. The molecular formula is C14H12O4. The Morgan fingerprint density at radius 2 is 2.00 bits per heavy atom. The van der Waals surface area contributed by atoms with Crippen LogP contribution in [0.15, 0.2) is 24.3 Å². The third-order valence-corrected chi connectivity index (χ3v) is 3.05. The predicted molar refractivity (Wildman–Crippen MR) is 64.1 cm³/mol. The second-order valence-electron chi connectivity index (χ2n) is 4.34. The van der Waals surface area contributed by atoms with E-state index in [-0.39, 0.29) is 6.42 Å². The van der Waals surface area contributed by atoms with Gasteiger partial charge in [-0.3, -0.25) is 9.59 Å². The van der Waals surface area contributed by atoms with Crippen LogP contribution in [0, 0.1) is 11.8 Å². The van der Waals surface area contributed by atoms with Gasteiger partial charge in [-0.05, 0) is 30.5 Å². The van der Waals surface area contributed by atoms with Crippen LogP contribution in [0.2, 0.25) is 0 Å². The van der Waals surface area contributed by atoms with Crippen LogP contribution in [0.4, 0.5) is 0 Å². The molecule has 1 fully saturated rings. The summed E-state index contributed by atoms with van der Waals surface area (Å²) in [4.78, 5) is 21.5. The third-order valence-electron chi connectivity index (χ3n) is 3.05. The molecule has 1 aliphatic carbocycles. The molecule has 4 heteroatoms. The minimum Gasteiger partial charge on any atom is -0.481 e. The fourth-order valence-electron chi connectivity index (χ4n) is 1.87. The molecule has 0 amide bonds. The van der Waals surface area contributed by atoms with Gasteiger partial charge in [0.05, 0.1) is 5.41 Å². The van der Waals surface area contributed by atoms with Crippen LogP contribution < -0.4 is 0 Å². The number of benzene rings is 1. The standard InChI is InChI=1S/C14H12O4/c15-12(16)6-2-4-10-3-1-5-11(9-10)14(7-8-14)13(17)18/h1,3,5,9H,6-8H2,(H,15,16)(H,17,18). The summed E-state index contributed by atoms with van der Waals surface area (Å²) in [5, 5.41) is 17.7. The molecule has 0 aromatic heterocycles. The Kier molecular flexibility index (Phi) is 3.07. The van der Waals surface area contributed by atoms with Gasteiger partial charge in [0.15, 0.2) is 0 Å². The molecule has 4 nitrogen and oxygen atoms in total. The first kappa shape index (κ1) is 12.2. The molecule has 1 aromatic carbocycles. The van der Waals surface area contributed by atoms with Crippen molar-refractivity contribution in [3.05, 3.63) is 35.4 Å². The first-order valence-corrected chi connectivity index (χ1v) is 5.59. The average Bonchev–Trinajstić information content (AvgIpc) is 3.10. The molecule has 0 saturated heterocycles. The van der Waals surface area contributed by atoms with Gasteiger partial charge in [0.25, 0.3) is 0 Å². The number of hydrogen-bond donors (Lipinski definition) is 2. The largest absolute Gasteiger partial charge is 0.481 e. The lowest BCUT2D eigenvalue weighted by Gasteiger charge is -2.09. The Labute approximate surface area is 104 Å². The lowest BCUT2D eigenvalue weighted by Crippen LogP contribution is -2.19. The molecule has 2 rings (SSSR count). The summed E-state index contributed by atoms with van der Waals surface area (Å²) in [5.74, 6) is 3.49. The number of aliphatic carboxylic acids is 2. The van der Waals surface area contributed by atoms with Crippen LogP contribution in [-0.4, -0.2) is 22.2 Å². The van der Waals surface area contributed by atoms with Crippen molar-refractivity contribution in [2.75, 3.05) is 0 Å². The van der Waals surface area contributed by atoms with E-state index < -0.39 is 17.4 Å². The molecule has 0 aliphatic heterocycles. The van der Waals surface area contributed by atoms with Gasteiger partial charge >= 0.3 is 11.9 Å². The fraction of sp³-hybridized carbons (Fsp3) is 0.286. The van der Waals surface area contributed by atoms with Crippen molar-refractivity contribution in [3.63, 3.8) is 0 Å². The molecule has 1 aromatic rings. The maximum absolute atomic E-state index is 11.2. The van der Waals surface area contributed by atoms with Crippen LogP contribution in [0.5, 0.6) is 0 Å². The maximum atomic E-state index is 11.2. The van der Waals surface area contributed by atoms with Crippen molar-refractivity contribution >= 4 is 11.9 Å². The van der Waals surface area contributed by atoms with E-state index in [1.54, 1.807) is 24.3 Å². The summed E-state index contributed by atoms with van der Waals surface area (Å²) < 4.78 is 0. The molecular weight excluding hydrogens is 232 g/mol. The zero-order valence-corrected chi connectivity index (χ0v) is 9.64. The van der Waals surface area contributed by atoms with Gasteiger partial charge in [-0.2, -0.15) is 0 Å². The second kappa shape index (κ2) is 4.53. The number of carboxylic acids is 2. The summed E-state index contributed by atoms with van der Waals surface area (Å²) >= 11 is 0. The predicted octanol–water partition coefficient (Wildman–Crippen LogP) is 1.63. The third kappa shape index (κ3) is 2.35. The number of hydrogen-bond acceptors (Lipinski definition) is 2. The van der Waals surface area contributed by atoms with Crippen LogP contribution in [0.25, 0.3) is 0 Å². The summed E-state index contributed by atoms with van der Waals surface area (Å²) in [6.45, 7) is 0. The van der Waals surface area contributed by atoms with Gasteiger partial charge in [-0.1, -0.05) is 24.0 Å². The highest BCUT2D eigenvalue weighted by molar-refractivity contribution is 5.85. The lowest BCUT2D eigenvalue weighted by molar-refractivity contribution is -0.140. The van der Waals surface area contributed by atoms with E-state index in [0.717, 1.165) is 5.56 Å². The summed E-state index contributed by atoms with van der Waals surface area (Å²) in [6.07, 6.45) is 1.08. The summed E-state index contributed by atoms with van der Waals surface area (Å²) in [7, 11) is 0. The topological polar surface area (TPSA) is 74.6 Å². The van der Waals surface area contributed by atoms with Crippen molar-refractivity contribution in [1.82, 2.24) is 0 Å². The van der Waals surface area contributed by atoms with Gasteiger partial charge in [0.2, 0.25) is 0 Å². The van der Waals surface area contributed by atoms with E-state index in [1.807, 2.05) is 0 Å². The first-order chi connectivity index (χ1) is 8.54. The highest BCUT2D eigenvalue weighted by Gasteiger charge is 2.51. The van der Waals surface area contributed by atoms with E-state index in [4.69, 9.17) is 5.11 Å². The molecule has 2 N–H and O–H groups in total. The maximum Gasteiger partial charge on any atom is 0.315 e. The molecule has 1 saturated carbocycles. The Hall–Kier alpha value is -2.28. The van der Waals surface area contributed by atoms with Crippen LogP contribution in [-0.2, 0) is 15.0 Å². The molecule has 0 unspecified atom stereocenters. The van der Waals surface area contributed by atoms with Crippen molar-refractivity contribution in [2.24, 2.45) is 0 Å². The minimum absolute atomic E-state index is 0.214. The van der Waals surface area contributed by atoms with Crippen LogP contribution >= 0.6 is 0 Å². The van der Waals surface area contributed by atoms with Gasteiger partial charge in [0.1, 0.15) is 6.42 Å². The van der Waals surface area contributed by atoms with E-state index >= 15 is 0 Å². The van der Waals surface area contributed by atoms with Gasteiger partial charge in [0, 0.05) is 5.56 Å². The number of carboxylic acid groups (broad SMARTS) is 2. The first-order valence-electron chi connectivity index (χ1n) is 5.59. The molecule has 0 heterocycles. The minimum atomic E-state index is -0.970. The highest BCUT2D eigenvalue weighted by atomic mass is 16.4. The summed E-state index contributed by atoms with van der Waals surface area (Å²) in [6, 6.07) is 7.01. The van der Waals surface area contributed by atoms with Crippen LogP contribution in [0.1, 0.15) is 30.4 Å². The zero-order valence-electron chi connectivity index (χ0n) is 9.64. The quantitative estimate of drug-likeness (QED) is 0.792. The zero-order chi connectivity index (χ0) is 13.2. The number of rotatable bonds is 3. The Morgan fingerprint density at radius 1 is 1.28 bits per heavy atom. The van der Waals surface area contributed by atoms with E-state index in [1.165, 1.54) is 0 Å². The van der Waals surface area contributed by atoms with Crippen molar-refractivity contribution in [2.45, 2.75) is 24.7 Å². The Morgan fingerprint density at radius 3 is 2.56 bits per heavy atom. The fourth-order valence-corrected chi connectivity index (χ4v) is 1.87. The van der Waals surface area contributed by atoms with Crippen molar-refractivity contribution in [3.8, 4) is 11.8 Å². The van der Waals surface area contributed by atoms with Gasteiger partial charge < -0.3 is 10.2 Å². The SMILES string of the molecule is O=C(O)CC#Cc1cccc(C2(C(=O)O)CC2)c1. The van der Waals surface area contributed by atoms with E-state index in [9.17, 15) is 14.7 Å². The Bertz CT molecular complexity index is 559. The molecule has 0 bridgehead atoms. The number of carbonyl (C=O) groups is 2. The van der Waals surface area contributed by atoms with Gasteiger partial charge in [-0.15, -0.1) is 0 Å². The summed E-state index contributed by atoms with van der Waals surface area (Å²) in [5.41, 5.74) is 0.656. The van der Waals surface area contributed by atoms with Crippen molar-refractivity contribution < 1.29 is 19.8 Å². The van der Waals surface area contributed by atoms with Crippen molar-refractivity contribution in [1.29, 1.82) is 0 Å². The monoisotopic (exact) mass is 244 g/mol. The molecule has 0 atom stereocenters. The molecule has 92 valence electrons. The Balaban J connectivity index is 2.23. The highest BCUT2D eigenvalue weighted by Crippen LogP contribution is 2.48. The molecule has 18 heavy (non-hydrogen) atoms. The van der Waals surface area contributed by atoms with Crippen LogP contribution in [0.3, 0.4) is 0 Å². The second-order valence-corrected chi connectivity index (χ2v) is 4.34. The molecule has 1 aliphatic rings. The van der Waals surface area contributed by atoms with Gasteiger partial charge in [-0.25, -0.2) is 0 Å². The molecule has 0 radical (unpaired) electrons.